The largest absolute Gasteiger partial charge is 0.361 e. The fourth-order valence-corrected chi connectivity index (χ4v) is 4.55. The second-order valence-corrected chi connectivity index (χ2v) is 8.34. The van der Waals surface area contributed by atoms with E-state index in [9.17, 15) is 9.59 Å². The first-order valence-corrected chi connectivity index (χ1v) is 9.93. The molecule has 0 unspecified atom stereocenters. The summed E-state index contributed by atoms with van der Waals surface area (Å²) in [4.78, 5) is 29.4. The SMILES string of the molecule is Cc1ccccc1C(=O)N1CCC2(CC1)CC(=O)N(Cc1c(C)noc1C)C2. The van der Waals surface area contributed by atoms with Crippen molar-refractivity contribution in [3.8, 4) is 0 Å². The van der Waals surface area contributed by atoms with Crippen LogP contribution >= 0.6 is 0 Å². The maximum Gasteiger partial charge on any atom is 0.254 e. The van der Waals surface area contributed by atoms with Gasteiger partial charge in [0.05, 0.1) is 12.2 Å². The third-order valence-corrected chi connectivity index (χ3v) is 6.42. The zero-order valence-electron chi connectivity index (χ0n) is 16.8. The highest BCUT2D eigenvalue weighted by atomic mass is 16.5. The lowest BCUT2D eigenvalue weighted by Crippen LogP contribution is -2.44. The molecule has 0 saturated carbocycles. The van der Waals surface area contributed by atoms with Crippen LogP contribution in [0.15, 0.2) is 28.8 Å². The molecule has 2 aromatic rings. The molecule has 2 aliphatic heterocycles. The maximum atomic E-state index is 12.9. The van der Waals surface area contributed by atoms with E-state index in [1.807, 2.05) is 54.8 Å². The summed E-state index contributed by atoms with van der Waals surface area (Å²) >= 11 is 0. The summed E-state index contributed by atoms with van der Waals surface area (Å²) < 4.78 is 5.24. The van der Waals surface area contributed by atoms with E-state index in [1.54, 1.807) is 0 Å². The van der Waals surface area contributed by atoms with Crippen molar-refractivity contribution in [3.63, 3.8) is 0 Å². The zero-order valence-corrected chi connectivity index (χ0v) is 16.8. The number of likely N-dealkylation sites (tertiary alicyclic amines) is 2. The Bertz CT molecular complexity index is 890. The average Bonchev–Trinajstić information content (AvgIpc) is 3.16. The Kier molecular flexibility index (Phi) is 4.73. The molecule has 0 atom stereocenters. The van der Waals surface area contributed by atoms with Gasteiger partial charge in [-0.05, 0) is 45.2 Å². The fourth-order valence-electron chi connectivity index (χ4n) is 4.55. The first kappa shape index (κ1) is 18.7. The number of rotatable bonds is 3. The Hall–Kier alpha value is -2.63. The Morgan fingerprint density at radius 1 is 1.18 bits per heavy atom. The minimum Gasteiger partial charge on any atom is -0.361 e. The summed E-state index contributed by atoms with van der Waals surface area (Å²) in [5.74, 6) is 1.08. The molecule has 1 aromatic heterocycles. The van der Waals surface area contributed by atoms with Crippen LogP contribution in [-0.2, 0) is 11.3 Å². The molecule has 3 heterocycles. The van der Waals surface area contributed by atoms with Gasteiger partial charge in [-0.3, -0.25) is 9.59 Å². The standard InChI is InChI=1S/C22H27N3O3/c1-15-6-4-5-7-18(15)21(27)24-10-8-22(9-11-24)12-20(26)25(14-22)13-19-16(2)23-28-17(19)3/h4-7H,8-14H2,1-3H3. The highest BCUT2D eigenvalue weighted by Crippen LogP contribution is 2.42. The predicted octanol–water partition coefficient (Wildman–Crippen LogP) is 3.25. The van der Waals surface area contributed by atoms with Crippen LogP contribution in [0.25, 0.3) is 0 Å². The van der Waals surface area contributed by atoms with Crippen LogP contribution in [0.4, 0.5) is 0 Å². The molecule has 1 aromatic carbocycles. The minimum atomic E-state index is -0.0153. The molecule has 28 heavy (non-hydrogen) atoms. The van der Waals surface area contributed by atoms with E-state index in [-0.39, 0.29) is 17.2 Å². The molecule has 2 aliphatic rings. The topological polar surface area (TPSA) is 66.7 Å². The van der Waals surface area contributed by atoms with Crippen LogP contribution in [0, 0.1) is 26.2 Å². The van der Waals surface area contributed by atoms with Crippen LogP contribution < -0.4 is 0 Å². The number of hydrogen-bond donors (Lipinski definition) is 0. The molecular weight excluding hydrogens is 354 g/mol. The quantitative estimate of drug-likeness (QED) is 0.819. The third-order valence-electron chi connectivity index (χ3n) is 6.42. The van der Waals surface area contributed by atoms with Crippen molar-refractivity contribution in [1.82, 2.24) is 15.0 Å². The second-order valence-electron chi connectivity index (χ2n) is 8.34. The van der Waals surface area contributed by atoms with Crippen molar-refractivity contribution in [2.24, 2.45) is 5.41 Å². The van der Waals surface area contributed by atoms with Gasteiger partial charge < -0.3 is 14.3 Å². The van der Waals surface area contributed by atoms with Crippen molar-refractivity contribution in [3.05, 3.63) is 52.4 Å². The molecule has 0 N–H and O–H groups in total. The number of aryl methyl sites for hydroxylation is 3. The third kappa shape index (κ3) is 3.32. The molecular formula is C22H27N3O3. The van der Waals surface area contributed by atoms with Crippen molar-refractivity contribution in [2.45, 2.75) is 46.6 Å². The van der Waals surface area contributed by atoms with Crippen LogP contribution in [0.1, 0.15) is 52.2 Å². The molecule has 0 aliphatic carbocycles. The van der Waals surface area contributed by atoms with Crippen LogP contribution in [0.5, 0.6) is 0 Å². The van der Waals surface area contributed by atoms with Crippen molar-refractivity contribution in [1.29, 1.82) is 0 Å². The summed E-state index contributed by atoms with van der Waals surface area (Å²) in [6.45, 7) is 8.51. The number of carbonyl (C=O) groups excluding carboxylic acids is 2. The summed E-state index contributed by atoms with van der Waals surface area (Å²) in [6, 6.07) is 7.73. The first-order chi connectivity index (χ1) is 13.4. The van der Waals surface area contributed by atoms with E-state index >= 15 is 0 Å². The molecule has 2 fully saturated rings. The smallest absolute Gasteiger partial charge is 0.254 e. The number of aromatic nitrogens is 1. The highest BCUT2D eigenvalue weighted by molar-refractivity contribution is 5.95. The van der Waals surface area contributed by atoms with Gasteiger partial charge in [0.15, 0.2) is 0 Å². The average molecular weight is 381 g/mol. The Morgan fingerprint density at radius 3 is 2.54 bits per heavy atom. The molecule has 2 saturated heterocycles. The molecule has 6 nitrogen and oxygen atoms in total. The Morgan fingerprint density at radius 2 is 1.89 bits per heavy atom. The number of benzene rings is 1. The van der Waals surface area contributed by atoms with Gasteiger partial charge in [0, 0.05) is 42.6 Å². The van der Waals surface area contributed by atoms with Crippen molar-refractivity contribution >= 4 is 11.8 Å². The number of nitrogens with zero attached hydrogens (tertiary/aromatic N) is 3. The predicted molar refractivity (Wildman–Crippen MR) is 105 cm³/mol. The lowest BCUT2D eigenvalue weighted by Gasteiger charge is -2.39. The normalized spacial score (nSPS) is 18.9. The van der Waals surface area contributed by atoms with Gasteiger partial charge in [0.25, 0.3) is 5.91 Å². The summed E-state index contributed by atoms with van der Waals surface area (Å²) in [5.41, 5.74) is 3.64. The van der Waals surface area contributed by atoms with Gasteiger partial charge in [-0.15, -0.1) is 0 Å². The Labute approximate surface area is 165 Å². The molecule has 148 valence electrons. The molecule has 2 amide bonds. The number of piperidine rings is 1. The van der Waals surface area contributed by atoms with E-state index in [1.165, 1.54) is 0 Å². The molecule has 0 radical (unpaired) electrons. The molecule has 6 heteroatoms. The minimum absolute atomic E-state index is 0.0153. The number of amides is 2. The van der Waals surface area contributed by atoms with Crippen molar-refractivity contribution in [2.75, 3.05) is 19.6 Å². The highest BCUT2D eigenvalue weighted by Gasteiger charge is 2.45. The van der Waals surface area contributed by atoms with Gasteiger partial charge in [-0.2, -0.15) is 0 Å². The summed E-state index contributed by atoms with van der Waals surface area (Å²) in [5, 5.41) is 4.00. The van der Waals surface area contributed by atoms with E-state index in [4.69, 9.17) is 4.52 Å². The van der Waals surface area contributed by atoms with Crippen molar-refractivity contribution < 1.29 is 14.1 Å². The lowest BCUT2D eigenvalue weighted by molar-refractivity contribution is -0.128. The van der Waals surface area contributed by atoms with Crippen LogP contribution in [0.2, 0.25) is 0 Å². The monoisotopic (exact) mass is 381 g/mol. The van der Waals surface area contributed by atoms with E-state index in [0.717, 1.165) is 47.5 Å². The van der Waals surface area contributed by atoms with Crippen LogP contribution in [-0.4, -0.2) is 46.4 Å². The van der Waals surface area contributed by atoms with Crippen LogP contribution in [0.3, 0.4) is 0 Å². The van der Waals surface area contributed by atoms with Gasteiger partial charge in [-0.1, -0.05) is 23.4 Å². The molecule has 4 rings (SSSR count). The van der Waals surface area contributed by atoms with E-state index < -0.39 is 0 Å². The first-order valence-electron chi connectivity index (χ1n) is 9.93. The van der Waals surface area contributed by atoms with Gasteiger partial charge in [0.1, 0.15) is 5.76 Å². The lowest BCUT2D eigenvalue weighted by atomic mass is 9.77. The number of hydrogen-bond acceptors (Lipinski definition) is 4. The van der Waals surface area contributed by atoms with E-state index in [2.05, 4.69) is 5.16 Å². The second kappa shape index (κ2) is 7.08. The summed E-state index contributed by atoms with van der Waals surface area (Å²) in [6.07, 6.45) is 2.31. The Balaban J connectivity index is 1.41. The number of carbonyl (C=O) groups is 2. The van der Waals surface area contributed by atoms with Gasteiger partial charge in [-0.25, -0.2) is 0 Å². The molecule has 0 bridgehead atoms. The maximum absolute atomic E-state index is 12.9. The molecule has 1 spiro atoms. The van der Waals surface area contributed by atoms with Gasteiger partial charge >= 0.3 is 0 Å². The zero-order chi connectivity index (χ0) is 19.9. The van der Waals surface area contributed by atoms with E-state index in [0.29, 0.717) is 26.1 Å². The summed E-state index contributed by atoms with van der Waals surface area (Å²) in [7, 11) is 0. The van der Waals surface area contributed by atoms with Gasteiger partial charge in [0.2, 0.25) is 5.91 Å². The fraction of sp³-hybridized carbons (Fsp3) is 0.500.